The molecular weight excluding hydrogens is 526 g/mol. The van der Waals surface area contributed by atoms with Crippen LogP contribution in [-0.4, -0.2) is 33.3 Å². The van der Waals surface area contributed by atoms with Gasteiger partial charge in [0, 0.05) is 42.1 Å². The molecule has 0 unspecified atom stereocenters. The van der Waals surface area contributed by atoms with Gasteiger partial charge in [-0.25, -0.2) is 15.0 Å². The number of benzene rings is 2. The van der Waals surface area contributed by atoms with Gasteiger partial charge in [0.2, 0.25) is 0 Å². The van der Waals surface area contributed by atoms with E-state index >= 15 is 0 Å². The predicted octanol–water partition coefficient (Wildman–Crippen LogP) is 6.40. The molecule has 0 spiro atoms. The highest BCUT2D eigenvalue weighted by molar-refractivity contribution is 6.33. The SMILES string of the molecule is Cc1cc(C)c2nc(-c3ccccc3Cl)cc(C(=O)Nc3ccc(C(=O)NCCc4oc(C)nc4C)cn3)c2c1. The molecule has 0 aliphatic rings. The van der Waals surface area contributed by atoms with E-state index in [1.165, 1.54) is 6.20 Å². The van der Waals surface area contributed by atoms with Crippen molar-refractivity contribution >= 4 is 40.1 Å². The third-order valence-electron chi connectivity index (χ3n) is 6.55. The van der Waals surface area contributed by atoms with Crippen molar-refractivity contribution < 1.29 is 14.0 Å². The molecule has 2 aromatic carbocycles. The number of aromatic nitrogens is 3. The minimum absolute atomic E-state index is 0.269. The summed E-state index contributed by atoms with van der Waals surface area (Å²) in [5.74, 6) is 1.07. The highest BCUT2D eigenvalue weighted by Gasteiger charge is 2.18. The maximum atomic E-state index is 13.5. The molecule has 0 atom stereocenters. The smallest absolute Gasteiger partial charge is 0.257 e. The van der Waals surface area contributed by atoms with E-state index in [-0.39, 0.29) is 11.8 Å². The molecule has 0 bridgehead atoms. The van der Waals surface area contributed by atoms with E-state index in [2.05, 4.69) is 20.6 Å². The summed E-state index contributed by atoms with van der Waals surface area (Å²) in [6, 6.07) is 16.4. The summed E-state index contributed by atoms with van der Waals surface area (Å²) in [4.78, 5) is 39.5. The van der Waals surface area contributed by atoms with Crippen LogP contribution in [0.25, 0.3) is 22.2 Å². The molecule has 5 rings (SSSR count). The standard InChI is InChI=1S/C31H28ClN5O3/c1-17-13-18(2)29-23(14-17)24(15-26(36-29)22-7-5-6-8-25(22)32)31(39)37-28-10-9-21(16-34-28)30(38)33-12-11-27-19(3)35-20(4)40-27/h5-10,13-16H,11-12H2,1-4H3,(H,33,38)(H,34,37,39). The fourth-order valence-corrected chi connectivity index (χ4v) is 4.89. The Morgan fingerprint density at radius 3 is 2.45 bits per heavy atom. The third-order valence-corrected chi connectivity index (χ3v) is 6.88. The highest BCUT2D eigenvalue weighted by Crippen LogP contribution is 2.31. The van der Waals surface area contributed by atoms with E-state index < -0.39 is 0 Å². The van der Waals surface area contributed by atoms with Crippen LogP contribution in [0.15, 0.2) is 65.2 Å². The van der Waals surface area contributed by atoms with Crippen molar-refractivity contribution in [1.82, 2.24) is 20.3 Å². The number of fused-ring (bicyclic) bond motifs is 1. The Bertz CT molecular complexity index is 1740. The molecule has 202 valence electrons. The average Bonchev–Trinajstić information content (AvgIpc) is 3.25. The van der Waals surface area contributed by atoms with Gasteiger partial charge in [-0.15, -0.1) is 0 Å². The molecule has 40 heavy (non-hydrogen) atoms. The Labute approximate surface area is 236 Å². The average molecular weight is 554 g/mol. The van der Waals surface area contributed by atoms with Gasteiger partial charge >= 0.3 is 0 Å². The minimum atomic E-state index is -0.340. The normalized spacial score (nSPS) is 11.0. The lowest BCUT2D eigenvalue weighted by Crippen LogP contribution is -2.26. The number of halogens is 1. The van der Waals surface area contributed by atoms with E-state index in [9.17, 15) is 9.59 Å². The summed E-state index contributed by atoms with van der Waals surface area (Å²) >= 11 is 6.46. The molecule has 9 heteroatoms. The molecule has 3 aromatic heterocycles. The molecule has 0 fully saturated rings. The Balaban J connectivity index is 1.35. The number of pyridine rings is 2. The quantitative estimate of drug-likeness (QED) is 0.241. The largest absolute Gasteiger partial charge is 0.446 e. The first kappa shape index (κ1) is 27.0. The van der Waals surface area contributed by atoms with E-state index in [0.29, 0.717) is 46.5 Å². The van der Waals surface area contributed by atoms with Crippen molar-refractivity contribution in [1.29, 1.82) is 0 Å². The highest BCUT2D eigenvalue weighted by atomic mass is 35.5. The van der Waals surface area contributed by atoms with E-state index in [1.54, 1.807) is 31.2 Å². The molecule has 5 aromatic rings. The molecule has 0 saturated carbocycles. The van der Waals surface area contributed by atoms with Crippen LogP contribution in [0.3, 0.4) is 0 Å². The van der Waals surface area contributed by atoms with Gasteiger partial charge in [0.25, 0.3) is 11.8 Å². The third kappa shape index (κ3) is 5.72. The van der Waals surface area contributed by atoms with Gasteiger partial charge in [0.05, 0.1) is 28.0 Å². The fraction of sp³-hybridized carbons (Fsp3) is 0.194. The Kier molecular flexibility index (Phi) is 7.62. The van der Waals surface area contributed by atoms with Crippen LogP contribution in [0.2, 0.25) is 5.02 Å². The molecule has 0 saturated heterocycles. The van der Waals surface area contributed by atoms with Gasteiger partial charge in [-0.2, -0.15) is 0 Å². The van der Waals surface area contributed by atoms with Gasteiger partial charge in [-0.05, 0) is 56.7 Å². The van der Waals surface area contributed by atoms with Crippen LogP contribution in [-0.2, 0) is 6.42 Å². The molecule has 0 aliphatic heterocycles. The van der Waals surface area contributed by atoms with Crippen molar-refractivity contribution in [2.24, 2.45) is 0 Å². The molecule has 2 amide bonds. The van der Waals surface area contributed by atoms with Crippen LogP contribution >= 0.6 is 11.6 Å². The second-order valence-corrected chi connectivity index (χ2v) is 10.1. The van der Waals surface area contributed by atoms with Crippen molar-refractivity contribution in [3.8, 4) is 11.3 Å². The maximum absolute atomic E-state index is 13.5. The van der Waals surface area contributed by atoms with Gasteiger partial charge in [-0.3, -0.25) is 9.59 Å². The number of rotatable bonds is 7. The van der Waals surface area contributed by atoms with Gasteiger partial charge in [-0.1, -0.05) is 41.4 Å². The van der Waals surface area contributed by atoms with Crippen molar-refractivity contribution in [2.75, 3.05) is 11.9 Å². The zero-order chi connectivity index (χ0) is 28.4. The molecule has 8 nitrogen and oxygen atoms in total. The number of oxazole rings is 1. The Hall–Kier alpha value is -4.56. The summed E-state index contributed by atoms with van der Waals surface area (Å²) in [5, 5.41) is 7.00. The number of carbonyl (C=O) groups is 2. The number of anilines is 1. The Morgan fingerprint density at radius 1 is 0.950 bits per heavy atom. The predicted molar refractivity (Wildman–Crippen MR) is 156 cm³/mol. The van der Waals surface area contributed by atoms with Crippen LogP contribution in [0.1, 0.15) is 49.2 Å². The molecule has 3 heterocycles. The van der Waals surface area contributed by atoms with E-state index in [4.69, 9.17) is 21.0 Å². The zero-order valence-electron chi connectivity index (χ0n) is 22.6. The topological polar surface area (TPSA) is 110 Å². The summed E-state index contributed by atoms with van der Waals surface area (Å²) in [6.45, 7) is 8.01. The summed E-state index contributed by atoms with van der Waals surface area (Å²) in [5.41, 5.74) is 5.70. The van der Waals surface area contributed by atoms with E-state index in [1.807, 2.05) is 51.1 Å². The lowest BCUT2D eigenvalue weighted by Gasteiger charge is -2.13. The van der Waals surface area contributed by atoms with Crippen LogP contribution in [0, 0.1) is 27.7 Å². The second-order valence-electron chi connectivity index (χ2n) is 9.65. The number of nitrogens with zero attached hydrogens (tertiary/aromatic N) is 3. The van der Waals surface area contributed by atoms with Gasteiger partial charge in [0.15, 0.2) is 5.89 Å². The number of hydrogen-bond donors (Lipinski definition) is 2. The molecular formula is C31H28ClN5O3. The van der Waals surface area contributed by atoms with Crippen LogP contribution in [0.4, 0.5) is 5.82 Å². The molecule has 2 N–H and O–H groups in total. The van der Waals surface area contributed by atoms with Gasteiger partial charge in [0.1, 0.15) is 11.6 Å². The lowest BCUT2D eigenvalue weighted by molar-refractivity contribution is 0.0952. The maximum Gasteiger partial charge on any atom is 0.257 e. The summed E-state index contributed by atoms with van der Waals surface area (Å²) in [6.07, 6.45) is 1.97. The number of hydrogen-bond acceptors (Lipinski definition) is 6. The first-order valence-electron chi connectivity index (χ1n) is 12.8. The van der Waals surface area contributed by atoms with Crippen molar-refractivity contribution in [2.45, 2.75) is 34.1 Å². The summed E-state index contributed by atoms with van der Waals surface area (Å²) in [7, 11) is 0. The van der Waals surface area contributed by atoms with Crippen molar-refractivity contribution in [3.63, 3.8) is 0 Å². The van der Waals surface area contributed by atoms with Crippen molar-refractivity contribution in [3.05, 3.63) is 105 Å². The zero-order valence-corrected chi connectivity index (χ0v) is 23.4. The molecule has 0 aliphatic carbocycles. The Morgan fingerprint density at radius 2 is 1.75 bits per heavy atom. The number of carbonyl (C=O) groups excluding carboxylic acids is 2. The number of aryl methyl sites for hydroxylation is 4. The fourth-order valence-electron chi connectivity index (χ4n) is 4.66. The lowest BCUT2D eigenvalue weighted by atomic mass is 9.99. The second kappa shape index (κ2) is 11.3. The number of amides is 2. The van der Waals surface area contributed by atoms with Gasteiger partial charge < -0.3 is 15.1 Å². The van der Waals surface area contributed by atoms with Crippen LogP contribution in [0.5, 0.6) is 0 Å². The minimum Gasteiger partial charge on any atom is -0.446 e. The monoisotopic (exact) mass is 553 g/mol. The first-order valence-corrected chi connectivity index (χ1v) is 13.2. The van der Waals surface area contributed by atoms with E-state index in [0.717, 1.165) is 39.0 Å². The number of nitrogens with one attached hydrogen (secondary N) is 2. The summed E-state index contributed by atoms with van der Waals surface area (Å²) < 4.78 is 5.54. The molecule has 0 radical (unpaired) electrons. The van der Waals surface area contributed by atoms with Crippen LogP contribution < -0.4 is 10.6 Å². The first-order chi connectivity index (χ1) is 19.2.